The Bertz CT molecular complexity index is 3790. The Labute approximate surface area is 448 Å². The number of hydrogen-bond donors (Lipinski definition) is 1. The van der Waals surface area contributed by atoms with Crippen LogP contribution in [0.5, 0.6) is 0 Å². The summed E-state index contributed by atoms with van der Waals surface area (Å²) in [5.74, 6) is 0. The number of hydrogen-bond acceptors (Lipinski definition) is 3. The summed E-state index contributed by atoms with van der Waals surface area (Å²) in [5, 5.41) is 6.31. The highest BCUT2D eigenvalue weighted by molar-refractivity contribution is 6.74. The van der Waals surface area contributed by atoms with Crippen LogP contribution in [0.4, 0.5) is 28.4 Å². The first-order valence-corrected chi connectivity index (χ1v) is 27.5. The summed E-state index contributed by atoms with van der Waals surface area (Å²) in [7, 11) is 2.47. The van der Waals surface area contributed by atoms with E-state index in [9.17, 15) is 0 Å². The van der Waals surface area contributed by atoms with Crippen molar-refractivity contribution in [3.05, 3.63) is 185 Å². The minimum atomic E-state index is -0.245. The van der Waals surface area contributed by atoms with E-state index in [2.05, 4.69) is 267 Å². The largest absolute Gasteiger partial charge is 0.455 e. The molecular formula is C71H74BN2O. The van der Waals surface area contributed by atoms with Gasteiger partial charge in [-0.05, 0) is 162 Å². The highest BCUT2D eigenvalue weighted by Gasteiger charge is 2.44. The van der Waals surface area contributed by atoms with Crippen molar-refractivity contribution in [3.63, 3.8) is 0 Å². The van der Waals surface area contributed by atoms with Crippen LogP contribution in [-0.4, -0.2) is 7.28 Å². The van der Waals surface area contributed by atoms with E-state index in [1.165, 1.54) is 79.5 Å². The molecule has 0 atom stereocenters. The molecule has 75 heavy (non-hydrogen) atoms. The number of fused-ring (bicyclic) bond motifs is 9. The molecule has 0 saturated carbocycles. The van der Waals surface area contributed by atoms with Gasteiger partial charge in [0, 0.05) is 55.6 Å². The summed E-state index contributed by atoms with van der Waals surface area (Å²) < 4.78 is 7.30. The molecule has 3 aliphatic rings. The Morgan fingerprint density at radius 2 is 1.05 bits per heavy atom. The molecule has 1 N–H and O–H groups in total. The van der Waals surface area contributed by atoms with E-state index in [0.29, 0.717) is 0 Å². The number of rotatable bonds is 5. The lowest BCUT2D eigenvalue weighted by Gasteiger charge is -2.42. The van der Waals surface area contributed by atoms with Crippen molar-refractivity contribution in [2.45, 2.75) is 149 Å². The average Bonchev–Trinajstić information content (AvgIpc) is 3.83. The molecule has 2 aliphatic carbocycles. The summed E-state index contributed by atoms with van der Waals surface area (Å²) in [6, 6.07) is 55.7. The predicted octanol–water partition coefficient (Wildman–Crippen LogP) is 18.6. The van der Waals surface area contributed by atoms with E-state index < -0.39 is 0 Å². The summed E-state index contributed by atoms with van der Waals surface area (Å²) in [6.45, 7) is 35.5. The number of para-hydroxylation sites is 1. The maximum absolute atomic E-state index is 7.30. The van der Waals surface area contributed by atoms with Crippen LogP contribution >= 0.6 is 0 Å². The van der Waals surface area contributed by atoms with Crippen LogP contribution in [-0.2, 0) is 32.5 Å². The van der Waals surface area contributed by atoms with E-state index in [0.717, 1.165) is 67.0 Å². The third-order valence-electron chi connectivity index (χ3n) is 17.6. The fourth-order valence-corrected chi connectivity index (χ4v) is 12.7. The monoisotopic (exact) mass is 982 g/mol. The molecule has 0 unspecified atom stereocenters. The van der Waals surface area contributed by atoms with Gasteiger partial charge in [0.15, 0.2) is 7.28 Å². The zero-order valence-corrected chi connectivity index (χ0v) is 47.2. The van der Waals surface area contributed by atoms with Gasteiger partial charge < -0.3 is 14.6 Å². The van der Waals surface area contributed by atoms with Crippen LogP contribution in [0.3, 0.4) is 0 Å². The van der Waals surface area contributed by atoms with E-state index >= 15 is 0 Å². The van der Waals surface area contributed by atoms with Gasteiger partial charge in [-0.15, -0.1) is 0 Å². The summed E-state index contributed by atoms with van der Waals surface area (Å²) in [6.07, 6.45) is 2.35. The number of furan rings is 1. The van der Waals surface area contributed by atoms with Crippen molar-refractivity contribution in [3.8, 4) is 33.4 Å². The van der Waals surface area contributed by atoms with Gasteiger partial charge in [-0.25, -0.2) is 0 Å². The molecular weight excluding hydrogens is 908 g/mol. The minimum absolute atomic E-state index is 0.0314. The van der Waals surface area contributed by atoms with Crippen molar-refractivity contribution in [1.82, 2.24) is 0 Å². The zero-order valence-electron chi connectivity index (χ0n) is 47.2. The van der Waals surface area contributed by atoms with E-state index in [1.54, 1.807) is 0 Å². The normalized spacial score (nSPS) is 16.2. The van der Waals surface area contributed by atoms with Crippen LogP contribution < -0.4 is 21.1 Å². The van der Waals surface area contributed by atoms with Gasteiger partial charge in [0.1, 0.15) is 11.2 Å². The number of nitrogens with one attached hydrogen (secondary N) is 1. The molecule has 1 aromatic heterocycles. The van der Waals surface area contributed by atoms with Gasteiger partial charge in [-0.3, -0.25) is 0 Å². The lowest BCUT2D eigenvalue weighted by molar-refractivity contribution is 0.331. The topological polar surface area (TPSA) is 28.4 Å². The molecule has 3 nitrogen and oxygen atoms in total. The molecule has 0 amide bonds. The lowest BCUT2D eigenvalue weighted by Crippen LogP contribution is -2.41. The molecule has 4 heteroatoms. The summed E-state index contributed by atoms with van der Waals surface area (Å²) in [4.78, 5) is 2.57. The Kier molecular flexibility index (Phi) is 10.9. The van der Waals surface area contributed by atoms with Gasteiger partial charge in [0.2, 0.25) is 0 Å². The van der Waals surface area contributed by atoms with Gasteiger partial charge in [0.05, 0.1) is 5.69 Å². The molecule has 377 valence electrons. The number of anilines is 5. The van der Waals surface area contributed by atoms with Gasteiger partial charge in [-0.2, -0.15) is 0 Å². The predicted molar refractivity (Wildman–Crippen MR) is 323 cm³/mol. The van der Waals surface area contributed by atoms with Crippen LogP contribution in [0, 0.1) is 0 Å². The maximum Gasteiger partial charge on any atom is 0.198 e. The van der Waals surface area contributed by atoms with Crippen LogP contribution in [0.25, 0.3) is 55.3 Å². The SMILES string of the molecule is CC(C)(C)c1ccc(Nc2cc3c(cc2-c2c4c(cc5c2oc2ccccc25)N(c2ccc(C(C)(C)C)cc2-c2ccccc2)c2ccc(C(C)(C)C)cc2[B]4)-c2cc4c(cc2C3(C)C)C(C)(C)CCC4(C)C)cc1. The van der Waals surface area contributed by atoms with Gasteiger partial charge in [-0.1, -0.05) is 194 Å². The van der Waals surface area contributed by atoms with Crippen molar-refractivity contribution in [2.75, 3.05) is 10.2 Å². The molecule has 0 saturated heterocycles. The standard InChI is InChI=1S/C71H74BN2O/c1-66(2,3)43-25-29-46(30-26-43)73-58-41-54-49(50-38-55-56(40-53(50)71(54,14)15)70(12,13)34-33-69(55,10)11)37-52(58)63-64-61(39-51-47-23-19-20-24-62(47)75-65(51)63)74(60-32-28-45(68(7,8)9)36-57(60)72-64)59-31-27-44(67(4,5)6)35-48(59)42-21-17-16-18-22-42/h16-32,35-41,73H,33-34H2,1-15H3. The molecule has 0 bridgehead atoms. The molecule has 1 aliphatic heterocycles. The second-order valence-electron chi connectivity index (χ2n) is 27.2. The summed E-state index contributed by atoms with van der Waals surface area (Å²) in [5.41, 5.74) is 26.4. The molecule has 2 heterocycles. The van der Waals surface area contributed by atoms with E-state index in [-0.39, 0.29) is 32.5 Å². The third-order valence-corrected chi connectivity index (χ3v) is 17.6. The Morgan fingerprint density at radius 1 is 0.480 bits per heavy atom. The quantitative estimate of drug-likeness (QED) is 0.174. The van der Waals surface area contributed by atoms with Crippen LogP contribution in [0.15, 0.2) is 150 Å². The molecule has 12 rings (SSSR count). The molecule has 0 spiro atoms. The highest BCUT2D eigenvalue weighted by atomic mass is 16.3. The van der Waals surface area contributed by atoms with Crippen LogP contribution in [0.1, 0.15) is 156 Å². The summed E-state index contributed by atoms with van der Waals surface area (Å²) >= 11 is 0. The smallest absolute Gasteiger partial charge is 0.198 e. The Balaban J connectivity index is 1.20. The van der Waals surface area contributed by atoms with Gasteiger partial charge in [0.25, 0.3) is 0 Å². The second-order valence-corrected chi connectivity index (χ2v) is 27.2. The lowest BCUT2D eigenvalue weighted by atomic mass is 9.57. The van der Waals surface area contributed by atoms with Crippen molar-refractivity contribution in [2.24, 2.45) is 0 Å². The van der Waals surface area contributed by atoms with E-state index in [1.807, 2.05) is 0 Å². The van der Waals surface area contributed by atoms with Crippen molar-refractivity contribution in [1.29, 1.82) is 0 Å². The maximum atomic E-state index is 7.30. The molecule has 9 aromatic rings. The van der Waals surface area contributed by atoms with Crippen LogP contribution in [0.2, 0.25) is 0 Å². The van der Waals surface area contributed by atoms with Crippen molar-refractivity contribution < 1.29 is 4.42 Å². The number of nitrogens with zero attached hydrogens (tertiary/aromatic N) is 1. The molecule has 8 aromatic carbocycles. The fraction of sp³-hybridized carbons (Fsp3) is 0.324. The zero-order chi connectivity index (χ0) is 52.9. The first-order valence-electron chi connectivity index (χ1n) is 27.5. The third kappa shape index (κ3) is 7.99. The first kappa shape index (κ1) is 49.1. The Morgan fingerprint density at radius 3 is 1.72 bits per heavy atom. The van der Waals surface area contributed by atoms with E-state index in [4.69, 9.17) is 4.42 Å². The average molecular weight is 982 g/mol. The van der Waals surface area contributed by atoms with Gasteiger partial charge >= 0.3 is 0 Å². The highest BCUT2D eigenvalue weighted by Crippen LogP contribution is 2.57. The minimum Gasteiger partial charge on any atom is -0.455 e. The first-order chi connectivity index (χ1) is 35.3. The molecule has 0 fully saturated rings. The fourth-order valence-electron chi connectivity index (χ4n) is 12.7. The Hall–Kier alpha value is -6.78. The molecule has 1 radical (unpaired) electrons. The van der Waals surface area contributed by atoms with Crippen molar-refractivity contribution >= 4 is 68.6 Å². The second kappa shape index (κ2) is 16.6. The number of benzene rings is 8.